The zero-order chi connectivity index (χ0) is 11.6. The number of unbranched alkanes of at least 4 members (excludes halogenated alkanes) is 6. The molecule has 0 aliphatic carbocycles. The summed E-state index contributed by atoms with van der Waals surface area (Å²) in [6.45, 7) is 2.58. The van der Waals surface area contributed by atoms with Gasteiger partial charge >= 0.3 is 0 Å². The molecule has 0 aromatic carbocycles. The van der Waals surface area contributed by atoms with Gasteiger partial charge in [-0.25, -0.2) is 0 Å². The van der Waals surface area contributed by atoms with Crippen LogP contribution >= 0.6 is 0 Å². The van der Waals surface area contributed by atoms with Crippen molar-refractivity contribution in [1.29, 1.82) is 0 Å². The molecule has 0 fully saturated rings. The van der Waals surface area contributed by atoms with Crippen molar-refractivity contribution in [2.24, 2.45) is 5.73 Å². The largest absolute Gasteiger partial charge is 0.424 e. The molecule has 0 aliphatic rings. The maximum absolute atomic E-state index is 5.39. The number of hydrogen-bond acceptors (Lipinski definition) is 4. The smallest absolute Gasteiger partial charge is 0.230 e. The molecular formula is C12H23N3O. The second kappa shape index (κ2) is 8.28. The summed E-state index contributed by atoms with van der Waals surface area (Å²) >= 11 is 0. The van der Waals surface area contributed by atoms with Crippen molar-refractivity contribution >= 4 is 0 Å². The summed E-state index contributed by atoms with van der Waals surface area (Å²) in [6.07, 6.45) is 9.99. The van der Waals surface area contributed by atoms with Gasteiger partial charge in [-0.3, -0.25) is 0 Å². The molecule has 0 aliphatic heterocycles. The Hall–Kier alpha value is -0.900. The standard InChI is InChI=1S/C12H23N3O/c1-2-3-4-5-6-7-8-9-11-14-15-12(10-13)16-11/h2-10,13H2,1H3. The minimum atomic E-state index is 0.337. The molecule has 1 aromatic heterocycles. The van der Waals surface area contributed by atoms with E-state index in [-0.39, 0.29) is 0 Å². The number of nitrogens with two attached hydrogens (primary N) is 1. The SMILES string of the molecule is CCCCCCCCCc1nnc(CN)o1. The molecule has 0 spiro atoms. The van der Waals surface area contributed by atoms with Crippen LogP contribution < -0.4 is 5.73 Å². The van der Waals surface area contributed by atoms with Gasteiger partial charge in [0, 0.05) is 6.42 Å². The fourth-order valence-electron chi connectivity index (χ4n) is 1.71. The summed E-state index contributed by atoms with van der Waals surface area (Å²) in [7, 11) is 0. The van der Waals surface area contributed by atoms with Crippen molar-refractivity contribution in [3.05, 3.63) is 11.8 Å². The van der Waals surface area contributed by atoms with Gasteiger partial charge in [0.05, 0.1) is 6.54 Å². The molecule has 2 N–H and O–H groups in total. The van der Waals surface area contributed by atoms with Gasteiger partial charge in [0.15, 0.2) is 0 Å². The Morgan fingerprint density at radius 3 is 2.19 bits per heavy atom. The molecule has 0 saturated carbocycles. The zero-order valence-electron chi connectivity index (χ0n) is 10.2. The zero-order valence-corrected chi connectivity index (χ0v) is 10.2. The Bertz CT molecular complexity index is 273. The van der Waals surface area contributed by atoms with E-state index >= 15 is 0 Å². The summed E-state index contributed by atoms with van der Waals surface area (Å²) < 4.78 is 5.33. The summed E-state index contributed by atoms with van der Waals surface area (Å²) in [5.74, 6) is 1.27. The third kappa shape index (κ3) is 5.26. The van der Waals surface area contributed by atoms with Gasteiger partial charge in [-0.1, -0.05) is 45.4 Å². The molecular weight excluding hydrogens is 202 g/mol. The van der Waals surface area contributed by atoms with Crippen molar-refractivity contribution < 1.29 is 4.42 Å². The van der Waals surface area contributed by atoms with Gasteiger partial charge in [-0.2, -0.15) is 0 Å². The number of aromatic nitrogens is 2. The first-order valence-corrected chi connectivity index (χ1v) is 6.38. The third-order valence-electron chi connectivity index (χ3n) is 2.68. The lowest BCUT2D eigenvalue weighted by molar-refractivity contribution is 0.441. The van der Waals surface area contributed by atoms with Gasteiger partial charge in [0.25, 0.3) is 0 Å². The van der Waals surface area contributed by atoms with Crippen LogP contribution in [0.5, 0.6) is 0 Å². The second-order valence-corrected chi connectivity index (χ2v) is 4.16. The first kappa shape index (κ1) is 13.2. The molecule has 92 valence electrons. The number of hydrogen-bond donors (Lipinski definition) is 1. The predicted octanol–water partition coefficient (Wildman–Crippen LogP) is 2.82. The third-order valence-corrected chi connectivity index (χ3v) is 2.68. The maximum Gasteiger partial charge on any atom is 0.230 e. The molecule has 1 rings (SSSR count). The molecule has 0 atom stereocenters. The lowest BCUT2D eigenvalue weighted by Crippen LogP contribution is -1.95. The van der Waals surface area contributed by atoms with Gasteiger partial charge in [-0.15, -0.1) is 10.2 Å². The molecule has 0 amide bonds. The van der Waals surface area contributed by atoms with E-state index < -0.39 is 0 Å². The molecule has 4 nitrogen and oxygen atoms in total. The average molecular weight is 225 g/mol. The fraction of sp³-hybridized carbons (Fsp3) is 0.833. The average Bonchev–Trinajstić information content (AvgIpc) is 2.76. The molecule has 1 heterocycles. The van der Waals surface area contributed by atoms with Crippen LogP contribution in [0.1, 0.15) is 63.7 Å². The summed E-state index contributed by atoms with van der Waals surface area (Å²) in [6, 6.07) is 0. The molecule has 0 unspecified atom stereocenters. The van der Waals surface area contributed by atoms with Crippen LogP contribution in [0, 0.1) is 0 Å². The minimum absolute atomic E-state index is 0.337. The Kier molecular flexibility index (Phi) is 6.81. The van der Waals surface area contributed by atoms with E-state index in [1.54, 1.807) is 0 Å². The van der Waals surface area contributed by atoms with Crippen LogP contribution in [-0.4, -0.2) is 10.2 Å². The van der Waals surface area contributed by atoms with Gasteiger partial charge in [-0.05, 0) is 6.42 Å². The molecule has 16 heavy (non-hydrogen) atoms. The van der Waals surface area contributed by atoms with Crippen LogP contribution in [0.3, 0.4) is 0 Å². The van der Waals surface area contributed by atoms with Crippen LogP contribution in [0.2, 0.25) is 0 Å². The normalized spacial score (nSPS) is 10.9. The van der Waals surface area contributed by atoms with E-state index in [1.165, 1.54) is 38.5 Å². The number of rotatable bonds is 9. The highest BCUT2D eigenvalue weighted by atomic mass is 16.4. The van der Waals surface area contributed by atoms with Crippen molar-refractivity contribution in [1.82, 2.24) is 10.2 Å². The molecule has 1 aromatic rings. The lowest BCUT2D eigenvalue weighted by Gasteiger charge is -1.98. The number of aryl methyl sites for hydroxylation is 1. The van der Waals surface area contributed by atoms with E-state index in [1.807, 2.05) is 0 Å². The van der Waals surface area contributed by atoms with Crippen LogP contribution in [0.25, 0.3) is 0 Å². The topological polar surface area (TPSA) is 64.9 Å². The predicted molar refractivity (Wildman–Crippen MR) is 63.9 cm³/mol. The summed E-state index contributed by atoms with van der Waals surface area (Å²) in [4.78, 5) is 0. The van der Waals surface area contributed by atoms with E-state index in [9.17, 15) is 0 Å². The molecule has 0 radical (unpaired) electrons. The van der Waals surface area contributed by atoms with E-state index in [2.05, 4.69) is 17.1 Å². The molecule has 0 saturated heterocycles. The fourth-order valence-corrected chi connectivity index (χ4v) is 1.71. The first-order valence-electron chi connectivity index (χ1n) is 6.38. The Balaban J connectivity index is 1.98. The molecule has 0 bridgehead atoms. The highest BCUT2D eigenvalue weighted by Gasteiger charge is 2.03. The number of nitrogens with zero attached hydrogens (tertiary/aromatic N) is 2. The molecule has 4 heteroatoms. The summed E-state index contributed by atoms with van der Waals surface area (Å²) in [5, 5.41) is 7.77. The first-order chi connectivity index (χ1) is 7.86. The van der Waals surface area contributed by atoms with Gasteiger partial charge < -0.3 is 10.2 Å². The minimum Gasteiger partial charge on any atom is -0.424 e. The van der Waals surface area contributed by atoms with Crippen LogP contribution in [-0.2, 0) is 13.0 Å². The second-order valence-electron chi connectivity index (χ2n) is 4.16. The van der Waals surface area contributed by atoms with Gasteiger partial charge in [0.1, 0.15) is 0 Å². The Labute approximate surface area is 97.6 Å². The van der Waals surface area contributed by atoms with E-state index in [0.717, 1.165) is 18.7 Å². The monoisotopic (exact) mass is 225 g/mol. The van der Waals surface area contributed by atoms with Crippen LogP contribution in [0.15, 0.2) is 4.42 Å². The van der Waals surface area contributed by atoms with Crippen molar-refractivity contribution in [3.8, 4) is 0 Å². The Morgan fingerprint density at radius 2 is 1.56 bits per heavy atom. The Morgan fingerprint density at radius 1 is 0.938 bits per heavy atom. The van der Waals surface area contributed by atoms with Gasteiger partial charge in [0.2, 0.25) is 11.8 Å². The lowest BCUT2D eigenvalue weighted by atomic mass is 10.1. The maximum atomic E-state index is 5.39. The highest BCUT2D eigenvalue weighted by molar-refractivity contribution is 4.80. The van der Waals surface area contributed by atoms with Crippen LogP contribution in [0.4, 0.5) is 0 Å². The van der Waals surface area contributed by atoms with E-state index in [4.69, 9.17) is 10.2 Å². The van der Waals surface area contributed by atoms with Crippen molar-refractivity contribution in [2.45, 2.75) is 64.8 Å². The highest BCUT2D eigenvalue weighted by Crippen LogP contribution is 2.09. The quantitative estimate of drug-likeness (QED) is 0.656. The summed E-state index contributed by atoms with van der Waals surface area (Å²) in [5.41, 5.74) is 5.39. The van der Waals surface area contributed by atoms with Crippen molar-refractivity contribution in [2.75, 3.05) is 0 Å². The van der Waals surface area contributed by atoms with E-state index in [0.29, 0.717) is 12.4 Å². The van der Waals surface area contributed by atoms with Crippen molar-refractivity contribution in [3.63, 3.8) is 0 Å².